The van der Waals surface area contributed by atoms with Gasteiger partial charge in [0, 0.05) is 0 Å². The van der Waals surface area contributed by atoms with Crippen LogP contribution in [0.15, 0.2) is 35.4 Å². The number of aromatic nitrogens is 3. The molecule has 1 heterocycles. The minimum atomic E-state index is -1.50. The minimum absolute atomic E-state index is 0.610. The van der Waals surface area contributed by atoms with E-state index >= 15 is 0 Å². The normalized spacial score (nSPS) is 11.6. The van der Waals surface area contributed by atoms with E-state index in [1.54, 1.807) is 6.21 Å². The molecule has 0 fully saturated rings. The highest BCUT2D eigenvalue weighted by atomic mass is 28.3. The van der Waals surface area contributed by atoms with Crippen molar-refractivity contribution in [2.75, 3.05) is 0 Å². The average molecular weight is 365 g/mol. The number of nitrogens with zero attached hydrogens (tertiary/aromatic N) is 4. The largest absolute Gasteiger partial charge is 0.173 e. The molecule has 1 aromatic heterocycles. The molecule has 0 spiro atoms. The van der Waals surface area contributed by atoms with Gasteiger partial charge in [-0.05, 0) is 17.4 Å². The highest BCUT2D eigenvalue weighted by molar-refractivity contribution is 6.84. The molecule has 0 aliphatic heterocycles. The van der Waals surface area contributed by atoms with Crippen molar-refractivity contribution in [3.63, 3.8) is 0 Å². The molecule has 2 rings (SSSR count). The SMILES string of the molecule is C[Si](C)(C)C#Cc1nn(/N=C/c2ccccc2)nc1C#C[Si](C)(C)C. The molecule has 0 radical (unpaired) electrons. The van der Waals surface area contributed by atoms with E-state index in [1.165, 1.54) is 4.91 Å². The van der Waals surface area contributed by atoms with Crippen molar-refractivity contribution < 1.29 is 0 Å². The molecular formula is C19H24N4Si2. The predicted octanol–water partition coefficient (Wildman–Crippen LogP) is 3.62. The van der Waals surface area contributed by atoms with E-state index in [0.29, 0.717) is 11.4 Å². The van der Waals surface area contributed by atoms with E-state index in [0.717, 1.165) is 5.56 Å². The van der Waals surface area contributed by atoms with Gasteiger partial charge in [0.05, 0.1) is 6.21 Å². The highest BCUT2D eigenvalue weighted by Crippen LogP contribution is 2.05. The van der Waals surface area contributed by atoms with Crippen LogP contribution in [0.1, 0.15) is 17.0 Å². The molecule has 128 valence electrons. The molecule has 6 heteroatoms. The second-order valence-corrected chi connectivity index (χ2v) is 17.3. The van der Waals surface area contributed by atoms with Gasteiger partial charge in [0.15, 0.2) is 11.4 Å². The first-order valence-electron chi connectivity index (χ1n) is 8.25. The third kappa shape index (κ3) is 6.92. The van der Waals surface area contributed by atoms with Gasteiger partial charge in [-0.15, -0.1) is 26.4 Å². The van der Waals surface area contributed by atoms with E-state index in [-0.39, 0.29) is 0 Å². The standard InChI is InChI=1S/C19H24N4Si2/c1-24(2,3)14-12-18-19(13-15-25(4,5)6)22-23(21-18)20-16-17-10-8-7-9-11-17/h7-11,16H,1-6H3/b20-16+. The molecule has 1 aromatic carbocycles. The molecule has 0 atom stereocenters. The second kappa shape index (κ2) is 7.65. The van der Waals surface area contributed by atoms with Crippen molar-refractivity contribution in [1.29, 1.82) is 0 Å². The fourth-order valence-corrected chi connectivity index (χ4v) is 2.65. The lowest BCUT2D eigenvalue weighted by Crippen LogP contribution is -2.16. The van der Waals surface area contributed by atoms with Gasteiger partial charge in [-0.3, -0.25) is 0 Å². The van der Waals surface area contributed by atoms with Gasteiger partial charge in [-0.25, -0.2) is 0 Å². The smallest absolute Gasteiger partial charge is 0.140 e. The van der Waals surface area contributed by atoms with Crippen LogP contribution in [0.4, 0.5) is 0 Å². The summed E-state index contributed by atoms with van der Waals surface area (Å²) in [6.45, 7) is 13.2. The predicted molar refractivity (Wildman–Crippen MR) is 110 cm³/mol. The molecule has 0 saturated heterocycles. The summed E-state index contributed by atoms with van der Waals surface area (Å²) in [6, 6.07) is 9.86. The van der Waals surface area contributed by atoms with Crippen molar-refractivity contribution in [3.8, 4) is 22.9 Å². The van der Waals surface area contributed by atoms with E-state index in [1.807, 2.05) is 30.3 Å². The van der Waals surface area contributed by atoms with Gasteiger partial charge >= 0.3 is 0 Å². The molecule has 0 aliphatic rings. The maximum absolute atomic E-state index is 4.40. The lowest BCUT2D eigenvalue weighted by atomic mass is 10.2. The zero-order valence-electron chi connectivity index (χ0n) is 15.8. The third-order valence-corrected chi connectivity index (χ3v) is 4.57. The number of rotatable bonds is 2. The summed E-state index contributed by atoms with van der Waals surface area (Å²) in [4.78, 5) is 1.31. The molecule has 0 amide bonds. The first-order valence-corrected chi connectivity index (χ1v) is 15.3. The second-order valence-electron chi connectivity index (χ2n) is 7.82. The average Bonchev–Trinajstić information content (AvgIpc) is 2.91. The Bertz CT molecular complexity index is 828. The van der Waals surface area contributed by atoms with Gasteiger partial charge in [0.25, 0.3) is 0 Å². The van der Waals surface area contributed by atoms with E-state index in [4.69, 9.17) is 0 Å². The first-order chi connectivity index (χ1) is 11.6. The maximum atomic E-state index is 4.40. The van der Waals surface area contributed by atoms with E-state index in [9.17, 15) is 0 Å². The zero-order valence-corrected chi connectivity index (χ0v) is 17.8. The summed E-state index contributed by atoms with van der Waals surface area (Å²) >= 11 is 0. The molecule has 2 aromatic rings. The van der Waals surface area contributed by atoms with E-state index < -0.39 is 16.1 Å². The summed E-state index contributed by atoms with van der Waals surface area (Å²) in [7, 11) is -3.00. The van der Waals surface area contributed by atoms with Crippen LogP contribution in [0.5, 0.6) is 0 Å². The van der Waals surface area contributed by atoms with Crippen LogP contribution in [0, 0.1) is 22.9 Å². The van der Waals surface area contributed by atoms with Crippen molar-refractivity contribution in [3.05, 3.63) is 47.3 Å². The summed E-state index contributed by atoms with van der Waals surface area (Å²) in [6.07, 6.45) is 1.73. The quantitative estimate of drug-likeness (QED) is 0.464. The molecule has 0 saturated carbocycles. The van der Waals surface area contributed by atoms with Gasteiger partial charge in [0.2, 0.25) is 0 Å². The Kier molecular flexibility index (Phi) is 5.79. The maximum Gasteiger partial charge on any atom is 0.173 e. The number of hydrogen-bond acceptors (Lipinski definition) is 3. The fourth-order valence-electron chi connectivity index (χ4n) is 1.67. The minimum Gasteiger partial charge on any atom is -0.140 e. The van der Waals surface area contributed by atoms with Gasteiger partial charge in [0.1, 0.15) is 16.1 Å². The van der Waals surface area contributed by atoms with Crippen LogP contribution in [-0.4, -0.2) is 37.5 Å². The van der Waals surface area contributed by atoms with Crippen LogP contribution in [-0.2, 0) is 0 Å². The van der Waals surface area contributed by atoms with Crippen LogP contribution >= 0.6 is 0 Å². The molecule has 4 nitrogen and oxygen atoms in total. The monoisotopic (exact) mass is 364 g/mol. The first kappa shape index (κ1) is 18.9. The molecule has 0 bridgehead atoms. The lowest BCUT2D eigenvalue weighted by Gasteiger charge is -2.03. The summed E-state index contributed by atoms with van der Waals surface area (Å²) in [5, 5.41) is 13.1. The van der Waals surface area contributed by atoms with Crippen LogP contribution in [0.25, 0.3) is 0 Å². The molecule has 25 heavy (non-hydrogen) atoms. The van der Waals surface area contributed by atoms with Crippen LogP contribution in [0.3, 0.4) is 0 Å². The van der Waals surface area contributed by atoms with Gasteiger partial charge < -0.3 is 0 Å². The molecule has 0 unspecified atom stereocenters. The summed E-state index contributed by atoms with van der Waals surface area (Å²) < 4.78 is 0. The Balaban J connectivity index is 2.38. The molecule has 0 aliphatic carbocycles. The Morgan fingerprint density at radius 3 is 1.76 bits per heavy atom. The van der Waals surface area contributed by atoms with Crippen LogP contribution < -0.4 is 0 Å². The van der Waals surface area contributed by atoms with Crippen molar-refractivity contribution in [2.45, 2.75) is 39.3 Å². The molecular weight excluding hydrogens is 340 g/mol. The summed E-state index contributed by atoms with van der Waals surface area (Å²) in [5.74, 6) is 6.33. The number of benzene rings is 1. The Morgan fingerprint density at radius 1 is 0.840 bits per heavy atom. The third-order valence-electron chi connectivity index (χ3n) is 2.82. The van der Waals surface area contributed by atoms with Gasteiger partial charge in [-0.2, -0.15) is 0 Å². The van der Waals surface area contributed by atoms with Crippen molar-refractivity contribution in [2.24, 2.45) is 5.10 Å². The highest BCUT2D eigenvalue weighted by Gasteiger charge is 2.12. The lowest BCUT2D eigenvalue weighted by molar-refractivity contribution is 0.633. The van der Waals surface area contributed by atoms with Gasteiger partial charge in [-0.1, -0.05) is 74.5 Å². The van der Waals surface area contributed by atoms with E-state index in [2.05, 4.69) is 77.5 Å². The number of hydrogen-bond donors (Lipinski definition) is 0. The van der Waals surface area contributed by atoms with Crippen LogP contribution in [0.2, 0.25) is 39.3 Å². The zero-order chi connectivity index (χ0) is 18.5. The fraction of sp³-hybridized carbons (Fsp3) is 0.316. The Hall–Kier alpha value is -2.42. The molecule has 0 N–H and O–H groups in total. The Labute approximate surface area is 152 Å². The summed E-state index contributed by atoms with van der Waals surface area (Å²) in [5.41, 5.74) is 8.86. The Morgan fingerprint density at radius 2 is 1.32 bits per heavy atom. The van der Waals surface area contributed by atoms with Crippen molar-refractivity contribution >= 4 is 22.4 Å². The van der Waals surface area contributed by atoms with Crippen molar-refractivity contribution in [1.82, 2.24) is 15.1 Å². The topological polar surface area (TPSA) is 43.1 Å².